The van der Waals surface area contributed by atoms with Crippen molar-refractivity contribution < 1.29 is 4.92 Å². The quantitative estimate of drug-likeness (QED) is 0.653. The summed E-state index contributed by atoms with van der Waals surface area (Å²) in [5.41, 5.74) is 2.11. The van der Waals surface area contributed by atoms with Crippen LogP contribution in [-0.2, 0) is 0 Å². The molecular formula is C15H22N2O2. The first kappa shape index (κ1) is 14.0. The highest BCUT2D eigenvalue weighted by atomic mass is 16.6. The second-order valence-electron chi connectivity index (χ2n) is 5.38. The van der Waals surface area contributed by atoms with Gasteiger partial charge in [0.25, 0.3) is 5.69 Å². The second kappa shape index (κ2) is 5.70. The molecular weight excluding hydrogens is 240 g/mol. The molecule has 4 heteroatoms. The van der Waals surface area contributed by atoms with Crippen molar-refractivity contribution >= 4 is 5.69 Å². The van der Waals surface area contributed by atoms with Gasteiger partial charge >= 0.3 is 0 Å². The molecule has 1 N–H and O–H groups in total. The molecule has 0 amide bonds. The van der Waals surface area contributed by atoms with Gasteiger partial charge in [-0.05, 0) is 37.3 Å². The zero-order chi connectivity index (χ0) is 14.0. The Kier molecular flexibility index (Phi) is 4.20. The minimum atomic E-state index is -0.278. The molecule has 1 aromatic carbocycles. The molecule has 0 aliphatic heterocycles. The minimum Gasteiger partial charge on any atom is -0.314 e. The van der Waals surface area contributed by atoms with Crippen LogP contribution < -0.4 is 5.32 Å². The molecule has 2 rings (SSSR count). The van der Waals surface area contributed by atoms with E-state index in [1.165, 1.54) is 0 Å². The van der Waals surface area contributed by atoms with Crippen molar-refractivity contribution in [3.05, 3.63) is 39.4 Å². The Labute approximate surface area is 114 Å². The van der Waals surface area contributed by atoms with Crippen LogP contribution in [0.3, 0.4) is 0 Å². The van der Waals surface area contributed by atoms with E-state index in [0.29, 0.717) is 17.9 Å². The van der Waals surface area contributed by atoms with E-state index < -0.39 is 0 Å². The molecule has 4 nitrogen and oxygen atoms in total. The van der Waals surface area contributed by atoms with Gasteiger partial charge in [0.2, 0.25) is 0 Å². The number of hydrogen-bond donors (Lipinski definition) is 1. The van der Waals surface area contributed by atoms with Crippen LogP contribution in [-0.4, -0.2) is 17.5 Å². The number of hydrogen-bond acceptors (Lipinski definition) is 3. The molecule has 1 fully saturated rings. The predicted molar refractivity (Wildman–Crippen MR) is 76.4 cm³/mol. The summed E-state index contributed by atoms with van der Waals surface area (Å²) in [6.45, 7) is 7.10. The Morgan fingerprint density at radius 2 is 2.16 bits per heavy atom. The third-order valence-corrected chi connectivity index (χ3v) is 4.34. The van der Waals surface area contributed by atoms with Crippen molar-refractivity contribution in [2.75, 3.05) is 6.54 Å². The van der Waals surface area contributed by atoms with Crippen LogP contribution in [0.2, 0.25) is 0 Å². The van der Waals surface area contributed by atoms with Crippen LogP contribution in [0.25, 0.3) is 0 Å². The molecule has 0 spiro atoms. The van der Waals surface area contributed by atoms with Crippen molar-refractivity contribution in [1.82, 2.24) is 5.32 Å². The smallest absolute Gasteiger partial charge is 0.272 e. The summed E-state index contributed by atoms with van der Waals surface area (Å²) in [5.74, 6) is 1.07. The fourth-order valence-electron chi connectivity index (χ4n) is 3.21. The molecule has 1 aromatic rings. The predicted octanol–water partition coefficient (Wildman–Crippen LogP) is 3.39. The fourth-order valence-corrected chi connectivity index (χ4v) is 3.21. The van der Waals surface area contributed by atoms with E-state index in [9.17, 15) is 10.1 Å². The average Bonchev–Trinajstić information content (AvgIpc) is 2.35. The lowest BCUT2D eigenvalue weighted by atomic mass is 9.65. The monoisotopic (exact) mass is 262 g/mol. The molecule has 3 unspecified atom stereocenters. The van der Waals surface area contributed by atoms with Crippen LogP contribution in [0.15, 0.2) is 18.2 Å². The minimum absolute atomic E-state index is 0.249. The molecule has 0 heterocycles. The standard InChI is InChI=1S/C15H22N2O2/c1-4-12-13(9-14(12)16-5-2)11-7-6-10(3)15(8-11)17(18)19/h6-8,12-14,16H,4-5,9H2,1-3H3. The van der Waals surface area contributed by atoms with Crippen LogP contribution in [0.5, 0.6) is 0 Å². The van der Waals surface area contributed by atoms with Crippen molar-refractivity contribution in [3.8, 4) is 0 Å². The van der Waals surface area contributed by atoms with Crippen molar-refractivity contribution in [3.63, 3.8) is 0 Å². The first-order chi connectivity index (χ1) is 9.08. The van der Waals surface area contributed by atoms with Crippen LogP contribution in [0, 0.1) is 23.0 Å². The molecule has 1 aliphatic carbocycles. The van der Waals surface area contributed by atoms with E-state index in [1.54, 1.807) is 13.0 Å². The number of nitro benzene ring substituents is 1. The Hall–Kier alpha value is -1.42. The van der Waals surface area contributed by atoms with Crippen LogP contribution in [0.4, 0.5) is 5.69 Å². The van der Waals surface area contributed by atoms with E-state index in [2.05, 4.69) is 25.2 Å². The largest absolute Gasteiger partial charge is 0.314 e. The van der Waals surface area contributed by atoms with E-state index in [-0.39, 0.29) is 10.6 Å². The van der Waals surface area contributed by atoms with Gasteiger partial charge in [-0.15, -0.1) is 0 Å². The summed E-state index contributed by atoms with van der Waals surface area (Å²) in [4.78, 5) is 10.7. The Bertz CT molecular complexity index is 473. The van der Waals surface area contributed by atoms with E-state index in [0.717, 1.165) is 30.5 Å². The lowest BCUT2D eigenvalue weighted by Gasteiger charge is -2.45. The zero-order valence-electron chi connectivity index (χ0n) is 11.8. The van der Waals surface area contributed by atoms with Gasteiger partial charge in [0.1, 0.15) is 0 Å². The maximum absolute atomic E-state index is 11.0. The summed E-state index contributed by atoms with van der Waals surface area (Å²) in [7, 11) is 0. The maximum Gasteiger partial charge on any atom is 0.272 e. The Morgan fingerprint density at radius 3 is 2.74 bits per heavy atom. The molecule has 19 heavy (non-hydrogen) atoms. The third-order valence-electron chi connectivity index (χ3n) is 4.34. The summed E-state index contributed by atoms with van der Waals surface area (Å²) >= 11 is 0. The van der Waals surface area contributed by atoms with Gasteiger partial charge < -0.3 is 5.32 Å². The Morgan fingerprint density at radius 1 is 1.42 bits per heavy atom. The first-order valence-corrected chi connectivity index (χ1v) is 7.06. The lowest BCUT2D eigenvalue weighted by Crippen LogP contribution is -2.48. The van der Waals surface area contributed by atoms with Crippen LogP contribution >= 0.6 is 0 Å². The number of rotatable bonds is 5. The van der Waals surface area contributed by atoms with E-state index >= 15 is 0 Å². The molecule has 1 aliphatic rings. The van der Waals surface area contributed by atoms with Crippen molar-refractivity contribution in [2.24, 2.45) is 5.92 Å². The van der Waals surface area contributed by atoms with E-state index in [1.807, 2.05) is 6.07 Å². The third kappa shape index (κ3) is 2.63. The molecule has 1 saturated carbocycles. The lowest BCUT2D eigenvalue weighted by molar-refractivity contribution is -0.385. The second-order valence-corrected chi connectivity index (χ2v) is 5.38. The summed E-state index contributed by atoms with van der Waals surface area (Å²) < 4.78 is 0. The van der Waals surface area contributed by atoms with Crippen molar-refractivity contribution in [2.45, 2.75) is 45.6 Å². The molecule has 104 valence electrons. The number of nitro groups is 1. The normalized spacial score (nSPS) is 25.9. The highest BCUT2D eigenvalue weighted by Crippen LogP contribution is 2.45. The first-order valence-electron chi connectivity index (χ1n) is 7.06. The Balaban J connectivity index is 2.19. The summed E-state index contributed by atoms with van der Waals surface area (Å²) in [6.07, 6.45) is 2.20. The highest BCUT2D eigenvalue weighted by Gasteiger charge is 2.40. The topological polar surface area (TPSA) is 55.2 Å². The zero-order valence-corrected chi connectivity index (χ0v) is 11.8. The molecule has 0 saturated heterocycles. The molecule has 0 radical (unpaired) electrons. The van der Waals surface area contributed by atoms with Gasteiger partial charge in [0, 0.05) is 17.7 Å². The molecule has 0 bridgehead atoms. The van der Waals surface area contributed by atoms with E-state index in [4.69, 9.17) is 0 Å². The van der Waals surface area contributed by atoms with Gasteiger partial charge in [-0.3, -0.25) is 10.1 Å². The van der Waals surface area contributed by atoms with Gasteiger partial charge in [-0.2, -0.15) is 0 Å². The van der Waals surface area contributed by atoms with Gasteiger partial charge in [-0.1, -0.05) is 32.4 Å². The van der Waals surface area contributed by atoms with Gasteiger partial charge in [0.15, 0.2) is 0 Å². The molecule has 0 aromatic heterocycles. The number of nitrogens with one attached hydrogen (secondary N) is 1. The fraction of sp³-hybridized carbons (Fsp3) is 0.600. The average molecular weight is 262 g/mol. The number of aryl methyl sites for hydroxylation is 1. The van der Waals surface area contributed by atoms with Gasteiger partial charge in [-0.25, -0.2) is 0 Å². The number of benzene rings is 1. The highest BCUT2D eigenvalue weighted by molar-refractivity contribution is 5.44. The summed E-state index contributed by atoms with van der Waals surface area (Å²) in [6, 6.07) is 6.27. The molecule has 3 atom stereocenters. The maximum atomic E-state index is 11.0. The number of nitrogens with zero attached hydrogens (tertiary/aromatic N) is 1. The van der Waals surface area contributed by atoms with Crippen LogP contribution in [0.1, 0.15) is 43.7 Å². The summed E-state index contributed by atoms with van der Waals surface area (Å²) in [5, 5.41) is 14.5. The van der Waals surface area contributed by atoms with Crippen molar-refractivity contribution in [1.29, 1.82) is 0 Å². The SMILES string of the molecule is CCNC1CC(c2ccc(C)c([N+](=O)[O-])c2)C1CC. The van der Waals surface area contributed by atoms with Gasteiger partial charge in [0.05, 0.1) is 4.92 Å².